The Kier molecular flexibility index (Phi) is 6.77. The number of rotatable bonds is 6. The number of halogens is 1. The maximum Gasteiger partial charge on any atom is 0.253 e. The lowest BCUT2D eigenvalue weighted by atomic mass is 9.96. The largest absolute Gasteiger partial charge is 0.306 e. The molecular weight excluding hydrogens is 528 g/mol. The van der Waals surface area contributed by atoms with Crippen LogP contribution in [0.2, 0.25) is 5.02 Å². The lowest BCUT2D eigenvalue weighted by molar-refractivity contribution is 0.682. The monoisotopic (exact) mass is 550 g/mol. The highest BCUT2D eigenvalue weighted by Crippen LogP contribution is 2.36. The third-order valence-electron chi connectivity index (χ3n) is 6.54. The van der Waals surface area contributed by atoms with Gasteiger partial charge in [0, 0.05) is 56.3 Å². The van der Waals surface area contributed by atoms with Crippen LogP contribution in [0.15, 0.2) is 96.1 Å². The molecule has 0 saturated heterocycles. The first-order valence-corrected chi connectivity index (χ1v) is 14.2. The highest BCUT2D eigenvalue weighted by atomic mass is 35.5. The van der Waals surface area contributed by atoms with E-state index in [1.807, 2.05) is 79.7 Å². The van der Waals surface area contributed by atoms with Gasteiger partial charge < -0.3 is 4.98 Å². The van der Waals surface area contributed by atoms with Gasteiger partial charge in [0.2, 0.25) is 0 Å². The van der Waals surface area contributed by atoms with Crippen molar-refractivity contribution in [3.8, 4) is 22.4 Å². The van der Waals surface area contributed by atoms with Crippen molar-refractivity contribution in [1.82, 2.24) is 19.9 Å². The molecule has 0 aliphatic heterocycles. The normalized spacial score (nSPS) is 12.2. The molecule has 4 heterocycles. The minimum Gasteiger partial charge on any atom is -0.306 e. The lowest BCUT2D eigenvalue weighted by Crippen LogP contribution is -2.15. The van der Waals surface area contributed by atoms with Gasteiger partial charge in [-0.05, 0) is 54.4 Å². The molecule has 0 fully saturated rings. The number of aromatic nitrogens is 4. The summed E-state index contributed by atoms with van der Waals surface area (Å²) in [5, 5.41) is 2.21. The first kappa shape index (κ1) is 25.1. The van der Waals surface area contributed by atoms with E-state index in [9.17, 15) is 9.00 Å². The van der Waals surface area contributed by atoms with Crippen LogP contribution in [-0.4, -0.2) is 24.1 Å². The number of hydrogen-bond acceptors (Lipinski definition) is 5. The van der Waals surface area contributed by atoms with Crippen molar-refractivity contribution in [1.29, 1.82) is 0 Å². The molecule has 8 heteroatoms. The Balaban J connectivity index is 1.46. The summed E-state index contributed by atoms with van der Waals surface area (Å²) in [5.74, 6) is 0.452. The quantitative estimate of drug-likeness (QED) is 0.252. The van der Waals surface area contributed by atoms with E-state index in [1.54, 1.807) is 18.5 Å². The average molecular weight is 551 g/mol. The first-order valence-electron chi connectivity index (χ1n) is 12.4. The van der Waals surface area contributed by atoms with Gasteiger partial charge in [-0.3, -0.25) is 19.0 Å². The van der Waals surface area contributed by atoms with E-state index >= 15 is 0 Å². The molecule has 0 aliphatic rings. The van der Waals surface area contributed by atoms with E-state index in [0.29, 0.717) is 22.0 Å². The summed E-state index contributed by atoms with van der Waals surface area (Å²) in [6, 6.07) is 25.2. The van der Waals surface area contributed by atoms with Crippen molar-refractivity contribution in [3.05, 3.63) is 123 Å². The van der Waals surface area contributed by atoms with Gasteiger partial charge in [0.1, 0.15) is 5.65 Å². The van der Waals surface area contributed by atoms with Crippen molar-refractivity contribution in [2.24, 2.45) is 0 Å². The SMILES string of the molecule is Cc1ccc(CS(=O)Cc2cc3cc(-c4cc(Cl)c5ncccc5c4)c(-c4ccccc4)nc3[nH]c2=O)cn1. The maximum atomic E-state index is 13.0. The van der Waals surface area contributed by atoms with Crippen LogP contribution in [0.3, 0.4) is 0 Å². The fourth-order valence-electron chi connectivity index (χ4n) is 4.62. The predicted octanol–water partition coefficient (Wildman–Crippen LogP) is 6.61. The minimum atomic E-state index is -1.28. The number of nitrogens with one attached hydrogen (secondary N) is 1. The maximum absolute atomic E-state index is 13.0. The summed E-state index contributed by atoms with van der Waals surface area (Å²) in [7, 11) is -1.28. The number of pyridine rings is 4. The standard InChI is InChI=1S/C31H23ClN4O2S/c1-19-9-10-20(16-34-19)17-39(38)18-25-13-24-14-26(23-12-22-8-5-11-33-29(22)27(32)15-23)28(21-6-3-2-4-7-21)35-30(24)36-31(25)37/h2-16H,17-18H2,1H3,(H,35,36,37). The Bertz CT molecular complexity index is 1920. The number of aryl methyl sites for hydroxylation is 1. The number of nitrogens with zero attached hydrogens (tertiary/aromatic N) is 3. The molecule has 6 rings (SSSR count). The van der Waals surface area contributed by atoms with E-state index in [0.717, 1.165) is 49.9 Å². The molecule has 1 N–H and O–H groups in total. The van der Waals surface area contributed by atoms with Crippen LogP contribution in [0, 0.1) is 6.92 Å². The van der Waals surface area contributed by atoms with Crippen molar-refractivity contribution >= 4 is 44.3 Å². The molecule has 0 bridgehead atoms. The van der Waals surface area contributed by atoms with E-state index in [4.69, 9.17) is 16.6 Å². The summed E-state index contributed by atoms with van der Waals surface area (Å²) in [5.41, 5.74) is 6.51. The third-order valence-corrected chi connectivity index (χ3v) is 8.12. The molecule has 0 aliphatic carbocycles. The highest BCUT2D eigenvalue weighted by molar-refractivity contribution is 7.83. The topological polar surface area (TPSA) is 88.6 Å². The van der Waals surface area contributed by atoms with Gasteiger partial charge in [-0.25, -0.2) is 4.98 Å². The van der Waals surface area contributed by atoms with Crippen molar-refractivity contribution in [3.63, 3.8) is 0 Å². The fourth-order valence-corrected chi connectivity index (χ4v) is 6.10. The summed E-state index contributed by atoms with van der Waals surface area (Å²) in [6.45, 7) is 1.91. The van der Waals surface area contributed by atoms with Crippen LogP contribution in [-0.2, 0) is 22.3 Å². The average Bonchev–Trinajstić information content (AvgIpc) is 2.94. The van der Waals surface area contributed by atoms with Crippen molar-refractivity contribution < 1.29 is 4.21 Å². The zero-order valence-corrected chi connectivity index (χ0v) is 22.6. The summed E-state index contributed by atoms with van der Waals surface area (Å²) in [4.78, 5) is 29.5. The third kappa shape index (κ3) is 5.24. The number of H-pyrrole nitrogens is 1. The molecule has 0 amide bonds. The van der Waals surface area contributed by atoms with E-state index in [1.165, 1.54) is 0 Å². The zero-order chi connectivity index (χ0) is 26.9. The molecule has 1 unspecified atom stereocenters. The van der Waals surface area contributed by atoms with Crippen LogP contribution in [0.25, 0.3) is 44.3 Å². The van der Waals surface area contributed by atoms with Gasteiger partial charge in [-0.1, -0.05) is 54.1 Å². The predicted molar refractivity (Wildman–Crippen MR) is 158 cm³/mol. The molecule has 1 atom stereocenters. The van der Waals surface area contributed by atoms with Gasteiger partial charge in [0.15, 0.2) is 0 Å². The van der Waals surface area contributed by atoms with Gasteiger partial charge >= 0.3 is 0 Å². The van der Waals surface area contributed by atoms with Crippen LogP contribution < -0.4 is 5.56 Å². The van der Waals surface area contributed by atoms with Gasteiger partial charge in [0.25, 0.3) is 5.56 Å². The van der Waals surface area contributed by atoms with Crippen LogP contribution in [0.5, 0.6) is 0 Å². The Morgan fingerprint density at radius 3 is 2.51 bits per heavy atom. The smallest absolute Gasteiger partial charge is 0.253 e. The molecule has 192 valence electrons. The molecule has 0 radical (unpaired) electrons. The van der Waals surface area contributed by atoms with E-state index in [-0.39, 0.29) is 11.3 Å². The molecule has 0 spiro atoms. The van der Waals surface area contributed by atoms with Crippen molar-refractivity contribution in [2.45, 2.75) is 18.4 Å². The lowest BCUT2D eigenvalue weighted by Gasteiger charge is -2.13. The molecule has 6 nitrogen and oxygen atoms in total. The second-order valence-corrected chi connectivity index (χ2v) is 11.2. The van der Waals surface area contributed by atoms with Crippen LogP contribution >= 0.6 is 11.6 Å². The molecular formula is C31H23ClN4O2S. The first-order chi connectivity index (χ1) is 18.9. The molecule has 4 aromatic heterocycles. The van der Waals surface area contributed by atoms with Crippen LogP contribution in [0.4, 0.5) is 0 Å². The Labute approximate surface area is 232 Å². The van der Waals surface area contributed by atoms with Crippen molar-refractivity contribution in [2.75, 3.05) is 0 Å². The summed E-state index contributed by atoms with van der Waals surface area (Å²) >= 11 is 6.64. The molecule has 39 heavy (non-hydrogen) atoms. The summed E-state index contributed by atoms with van der Waals surface area (Å²) < 4.78 is 12.9. The Morgan fingerprint density at radius 1 is 0.872 bits per heavy atom. The highest BCUT2D eigenvalue weighted by Gasteiger charge is 2.16. The van der Waals surface area contributed by atoms with Crippen LogP contribution in [0.1, 0.15) is 16.8 Å². The number of fused-ring (bicyclic) bond motifs is 2. The zero-order valence-electron chi connectivity index (χ0n) is 21.0. The Hall–Kier alpha value is -4.20. The fraction of sp³-hybridized carbons (Fsp3) is 0.0968. The number of aromatic amines is 1. The van der Waals surface area contributed by atoms with E-state index in [2.05, 4.69) is 15.0 Å². The van der Waals surface area contributed by atoms with Gasteiger partial charge in [-0.2, -0.15) is 0 Å². The second kappa shape index (κ2) is 10.5. The second-order valence-electron chi connectivity index (χ2n) is 9.38. The minimum absolute atomic E-state index is 0.127. The van der Waals surface area contributed by atoms with E-state index < -0.39 is 10.8 Å². The van der Waals surface area contributed by atoms with Gasteiger partial charge in [0.05, 0.1) is 27.7 Å². The molecule has 2 aromatic carbocycles. The molecule has 0 saturated carbocycles. The number of hydrogen-bond donors (Lipinski definition) is 1. The van der Waals surface area contributed by atoms with Gasteiger partial charge in [-0.15, -0.1) is 0 Å². The summed E-state index contributed by atoms with van der Waals surface area (Å²) in [6.07, 6.45) is 3.45. The number of benzene rings is 2. The molecule has 6 aromatic rings. The Morgan fingerprint density at radius 2 is 1.72 bits per heavy atom.